The standard InChI is InChI=1S/C38H27NO8/c1-3-4-5-6-7-8-9-10-11-12-13-14-15-16-17-18-19-20-21-22-23-24-25-26-34(42)39-31(35(43)30(2)41)27-28-32-36(44)38(46)37(45)33(29-40)47-32/h30-33,35-38,40-41,43-46H,27-29H2,1-2H3,(H,39,42)/t30-,31+,32-,33?,35-,36?,37-,38-/m1/s1. The molecule has 0 aliphatic carbocycles. The normalized spacial score (nSPS) is 19.4. The molecule has 1 amide bonds. The second-order valence-corrected chi connectivity index (χ2v) is 8.88. The van der Waals surface area contributed by atoms with Crippen LogP contribution in [0.15, 0.2) is 0 Å². The van der Waals surface area contributed by atoms with E-state index in [4.69, 9.17) is 4.74 Å². The van der Waals surface area contributed by atoms with E-state index < -0.39 is 61.3 Å². The van der Waals surface area contributed by atoms with Crippen molar-refractivity contribution in [1.82, 2.24) is 5.32 Å². The Kier molecular flexibility index (Phi) is 20.1. The van der Waals surface area contributed by atoms with Crippen molar-refractivity contribution in [2.24, 2.45) is 0 Å². The van der Waals surface area contributed by atoms with Crippen LogP contribution in [0, 0.1) is 142 Å². The monoisotopic (exact) mass is 625 g/mol. The van der Waals surface area contributed by atoms with Crippen molar-refractivity contribution in [3.05, 3.63) is 0 Å². The first-order chi connectivity index (χ1) is 22.7. The lowest BCUT2D eigenvalue weighted by atomic mass is 9.90. The summed E-state index contributed by atoms with van der Waals surface area (Å²) in [6.45, 7) is 2.40. The van der Waals surface area contributed by atoms with Crippen LogP contribution in [0.4, 0.5) is 0 Å². The molecule has 7 N–H and O–H groups in total. The van der Waals surface area contributed by atoms with Crippen LogP contribution in [0.1, 0.15) is 26.7 Å². The van der Waals surface area contributed by atoms with E-state index in [-0.39, 0.29) is 12.8 Å². The summed E-state index contributed by atoms with van der Waals surface area (Å²) in [7, 11) is 0. The summed E-state index contributed by atoms with van der Waals surface area (Å²) in [5, 5.41) is 62.0. The van der Waals surface area contributed by atoms with Crippen molar-refractivity contribution in [2.45, 2.75) is 75.5 Å². The second-order valence-electron chi connectivity index (χ2n) is 8.88. The Morgan fingerprint density at radius 1 is 0.638 bits per heavy atom. The number of amides is 1. The summed E-state index contributed by atoms with van der Waals surface area (Å²) >= 11 is 0. The van der Waals surface area contributed by atoms with Crippen LogP contribution in [-0.2, 0) is 9.53 Å². The van der Waals surface area contributed by atoms with Gasteiger partial charge in [0.2, 0.25) is 0 Å². The van der Waals surface area contributed by atoms with Gasteiger partial charge >= 0.3 is 0 Å². The molecule has 1 heterocycles. The smallest absolute Gasteiger partial charge is 0.297 e. The zero-order valence-electron chi connectivity index (χ0n) is 25.2. The predicted molar refractivity (Wildman–Crippen MR) is 172 cm³/mol. The van der Waals surface area contributed by atoms with Crippen molar-refractivity contribution < 1.29 is 40.2 Å². The Morgan fingerprint density at radius 3 is 1.40 bits per heavy atom. The van der Waals surface area contributed by atoms with E-state index in [0.717, 1.165) is 0 Å². The Balaban J connectivity index is 2.62. The number of hydrogen-bond donors (Lipinski definition) is 7. The van der Waals surface area contributed by atoms with E-state index in [9.17, 15) is 35.4 Å². The molecule has 0 saturated carbocycles. The summed E-state index contributed by atoms with van der Waals surface area (Å²) < 4.78 is 5.44. The molecule has 2 unspecified atom stereocenters. The third-order valence-corrected chi connectivity index (χ3v) is 5.59. The molecule has 1 fully saturated rings. The molecule has 1 aliphatic heterocycles. The Morgan fingerprint density at radius 2 is 1.02 bits per heavy atom. The molecule has 0 aromatic heterocycles. The number of aliphatic hydroxyl groups is 6. The molecule has 1 saturated heterocycles. The van der Waals surface area contributed by atoms with Crippen molar-refractivity contribution in [3.8, 4) is 142 Å². The lowest BCUT2D eigenvalue weighted by Crippen LogP contribution is -2.58. The molecular weight excluding hydrogens is 598 g/mol. The highest BCUT2D eigenvalue weighted by molar-refractivity contribution is 5.94. The maximum atomic E-state index is 12.3. The Bertz CT molecular complexity index is 1910. The molecule has 1 aliphatic rings. The van der Waals surface area contributed by atoms with E-state index in [1.54, 1.807) is 6.92 Å². The van der Waals surface area contributed by atoms with Crippen LogP contribution < -0.4 is 5.32 Å². The van der Waals surface area contributed by atoms with Crippen molar-refractivity contribution >= 4 is 5.91 Å². The van der Waals surface area contributed by atoms with Gasteiger partial charge in [-0.05, 0) is 121 Å². The predicted octanol–water partition coefficient (Wildman–Crippen LogP) is -3.10. The average Bonchev–Trinajstić information content (AvgIpc) is 3.06. The van der Waals surface area contributed by atoms with Crippen LogP contribution in [0.2, 0.25) is 0 Å². The summed E-state index contributed by atoms with van der Waals surface area (Å²) in [4.78, 5) is 12.3. The molecule has 1 rings (SSSR count). The lowest BCUT2D eigenvalue weighted by molar-refractivity contribution is -0.231. The first kappa shape index (κ1) is 38.9. The van der Waals surface area contributed by atoms with Crippen molar-refractivity contribution in [2.75, 3.05) is 6.61 Å². The number of carbonyl (C=O) groups excluding carboxylic acids is 1. The average molecular weight is 626 g/mol. The SMILES string of the molecule is CC#CC#CC#CC#CC#CC#CC#CC#CC#CC#CC#CC#CC(=O)N[C@@H](CC[C@H]1OC(CO)[C@@H](O)[C@H](O)C1O)[C@H](O)[C@@H](C)O. The topological polar surface area (TPSA) is 160 Å². The van der Waals surface area contributed by atoms with E-state index in [1.807, 2.05) is 0 Å². The minimum atomic E-state index is -1.56. The van der Waals surface area contributed by atoms with Gasteiger partial charge in [-0.3, -0.25) is 4.79 Å². The molecule has 8 atom stereocenters. The highest BCUT2D eigenvalue weighted by Gasteiger charge is 2.43. The van der Waals surface area contributed by atoms with Gasteiger partial charge in [-0.25, -0.2) is 0 Å². The minimum absolute atomic E-state index is 0.000998. The van der Waals surface area contributed by atoms with E-state index in [2.05, 4.69) is 147 Å². The van der Waals surface area contributed by atoms with Gasteiger partial charge in [0.1, 0.15) is 24.4 Å². The fourth-order valence-corrected chi connectivity index (χ4v) is 3.41. The van der Waals surface area contributed by atoms with Gasteiger partial charge in [0.05, 0.1) is 31.0 Å². The van der Waals surface area contributed by atoms with Gasteiger partial charge in [-0.2, -0.15) is 0 Å². The van der Waals surface area contributed by atoms with Crippen molar-refractivity contribution in [1.29, 1.82) is 0 Å². The molecular formula is C38H27NO8. The molecule has 232 valence electrons. The van der Waals surface area contributed by atoms with E-state index in [1.165, 1.54) is 6.92 Å². The Hall–Kier alpha value is -6.09. The summed E-state index contributed by atoms with van der Waals surface area (Å²) in [5.74, 6) is 58.0. The highest BCUT2D eigenvalue weighted by atomic mass is 16.5. The van der Waals surface area contributed by atoms with Crippen LogP contribution in [0.3, 0.4) is 0 Å². The molecule has 0 radical (unpaired) electrons. The molecule has 9 nitrogen and oxygen atoms in total. The Labute approximate surface area is 275 Å². The van der Waals surface area contributed by atoms with Crippen LogP contribution >= 0.6 is 0 Å². The van der Waals surface area contributed by atoms with E-state index in [0.29, 0.717) is 0 Å². The van der Waals surface area contributed by atoms with Crippen LogP contribution in [0.25, 0.3) is 0 Å². The number of aliphatic hydroxyl groups excluding tert-OH is 6. The van der Waals surface area contributed by atoms with Gasteiger partial charge in [0.15, 0.2) is 0 Å². The highest BCUT2D eigenvalue weighted by Crippen LogP contribution is 2.25. The first-order valence-electron chi connectivity index (χ1n) is 13.6. The van der Waals surface area contributed by atoms with Gasteiger partial charge < -0.3 is 40.7 Å². The third kappa shape index (κ3) is 17.1. The minimum Gasteiger partial charge on any atom is -0.394 e. The largest absolute Gasteiger partial charge is 0.394 e. The number of ether oxygens (including phenoxy) is 1. The fourth-order valence-electron chi connectivity index (χ4n) is 3.41. The number of carbonyl (C=O) groups is 1. The van der Waals surface area contributed by atoms with Gasteiger partial charge in [-0.1, -0.05) is 5.92 Å². The quantitative estimate of drug-likeness (QED) is 0.147. The van der Waals surface area contributed by atoms with Crippen molar-refractivity contribution in [3.63, 3.8) is 0 Å². The zero-order valence-corrected chi connectivity index (χ0v) is 25.2. The van der Waals surface area contributed by atoms with Gasteiger partial charge in [0, 0.05) is 41.4 Å². The molecule has 9 heteroatoms. The number of rotatable bonds is 7. The molecule has 0 bridgehead atoms. The van der Waals surface area contributed by atoms with Gasteiger partial charge in [-0.15, -0.1) is 0 Å². The maximum absolute atomic E-state index is 12.3. The molecule has 0 aromatic rings. The second kappa shape index (κ2) is 24.3. The molecule has 0 aromatic carbocycles. The third-order valence-electron chi connectivity index (χ3n) is 5.59. The first-order valence-corrected chi connectivity index (χ1v) is 13.6. The lowest BCUT2D eigenvalue weighted by Gasteiger charge is -2.40. The fraction of sp³-hybridized carbons (Fsp3) is 0.342. The van der Waals surface area contributed by atoms with Crippen LogP contribution in [0.5, 0.6) is 0 Å². The maximum Gasteiger partial charge on any atom is 0.297 e. The summed E-state index contributed by atoms with van der Waals surface area (Å²) in [6, 6.07) is -1.01. The van der Waals surface area contributed by atoms with E-state index >= 15 is 0 Å². The van der Waals surface area contributed by atoms with Crippen LogP contribution in [-0.4, -0.2) is 91.9 Å². The summed E-state index contributed by atoms with van der Waals surface area (Å²) in [6.07, 6.45) is -9.28. The number of nitrogens with one attached hydrogen (secondary N) is 1. The zero-order chi connectivity index (χ0) is 34.7. The molecule has 0 spiro atoms. The summed E-state index contributed by atoms with van der Waals surface area (Å²) in [5.41, 5.74) is 0. The molecule has 47 heavy (non-hydrogen) atoms. The number of hydrogen-bond acceptors (Lipinski definition) is 8. The van der Waals surface area contributed by atoms with Gasteiger partial charge in [0.25, 0.3) is 5.91 Å².